The molecule has 3 nitrogen and oxygen atoms in total. The highest BCUT2D eigenvalue weighted by Crippen LogP contribution is 1.97. The molecule has 0 saturated carbocycles. The molecule has 0 heterocycles. The van der Waals surface area contributed by atoms with E-state index in [1.165, 1.54) is 19.4 Å². The van der Waals surface area contributed by atoms with Crippen molar-refractivity contribution >= 4 is 0 Å². The van der Waals surface area contributed by atoms with E-state index in [-0.39, 0.29) is 0 Å². The number of unbranched alkanes of at least 4 members (excludes halogenated alkanes) is 2. The lowest BCUT2D eigenvalue weighted by Gasteiger charge is -2.16. The van der Waals surface area contributed by atoms with E-state index in [2.05, 4.69) is 24.2 Å². The molecule has 0 unspecified atom stereocenters. The Balaban J connectivity index is 3.07. The normalized spacial score (nSPS) is 11.1. The Morgan fingerprint density at radius 2 is 1.79 bits per heavy atom. The third-order valence-electron chi connectivity index (χ3n) is 2.34. The van der Waals surface area contributed by atoms with Crippen molar-refractivity contribution in [2.75, 3.05) is 39.8 Å². The first-order valence-corrected chi connectivity index (χ1v) is 5.81. The van der Waals surface area contributed by atoms with Crippen LogP contribution in [-0.4, -0.2) is 49.8 Å². The molecule has 86 valence electrons. The summed E-state index contributed by atoms with van der Waals surface area (Å²) in [5, 5.41) is 11.9. The van der Waals surface area contributed by atoms with E-state index in [0.29, 0.717) is 6.61 Å². The minimum atomic E-state index is 0.337. The molecule has 3 heteroatoms. The van der Waals surface area contributed by atoms with Gasteiger partial charge in [-0.3, -0.25) is 0 Å². The van der Waals surface area contributed by atoms with Crippen LogP contribution in [0.3, 0.4) is 0 Å². The summed E-state index contributed by atoms with van der Waals surface area (Å²) in [6, 6.07) is 0. The van der Waals surface area contributed by atoms with Crippen LogP contribution in [0.5, 0.6) is 0 Å². The van der Waals surface area contributed by atoms with Gasteiger partial charge in [-0.15, -0.1) is 0 Å². The van der Waals surface area contributed by atoms with Gasteiger partial charge in [-0.2, -0.15) is 0 Å². The van der Waals surface area contributed by atoms with E-state index in [0.717, 1.165) is 32.5 Å². The third-order valence-corrected chi connectivity index (χ3v) is 2.34. The Bertz CT molecular complexity index is 97.5. The van der Waals surface area contributed by atoms with Crippen LogP contribution in [0.25, 0.3) is 0 Å². The molecule has 0 aliphatic carbocycles. The maximum atomic E-state index is 8.61. The van der Waals surface area contributed by atoms with E-state index < -0.39 is 0 Å². The predicted molar refractivity (Wildman–Crippen MR) is 61.6 cm³/mol. The summed E-state index contributed by atoms with van der Waals surface area (Å²) < 4.78 is 0. The van der Waals surface area contributed by atoms with Crippen molar-refractivity contribution in [2.45, 2.75) is 32.6 Å². The van der Waals surface area contributed by atoms with Gasteiger partial charge in [-0.05, 0) is 58.9 Å². The molecule has 0 radical (unpaired) electrons. The minimum absolute atomic E-state index is 0.337. The maximum absolute atomic E-state index is 8.61. The van der Waals surface area contributed by atoms with Crippen molar-refractivity contribution in [3.05, 3.63) is 0 Å². The average Bonchev–Trinajstić information content (AvgIpc) is 2.19. The van der Waals surface area contributed by atoms with Crippen LogP contribution in [-0.2, 0) is 0 Å². The maximum Gasteiger partial charge on any atom is 0.0431 e. The third kappa shape index (κ3) is 9.96. The standard InChI is InChI=1S/C11H26N2O/c1-3-12-8-7-10-13(2)9-5-4-6-11-14/h12,14H,3-11H2,1-2H3. The molecule has 0 spiro atoms. The van der Waals surface area contributed by atoms with Gasteiger partial charge < -0.3 is 15.3 Å². The zero-order chi connectivity index (χ0) is 10.6. The molecule has 14 heavy (non-hydrogen) atoms. The number of rotatable bonds is 10. The molecule has 0 bridgehead atoms. The molecule has 0 atom stereocenters. The summed E-state index contributed by atoms with van der Waals surface area (Å²) in [5.41, 5.74) is 0. The monoisotopic (exact) mass is 202 g/mol. The van der Waals surface area contributed by atoms with Crippen molar-refractivity contribution in [3.8, 4) is 0 Å². The van der Waals surface area contributed by atoms with E-state index in [1.54, 1.807) is 0 Å². The minimum Gasteiger partial charge on any atom is -0.396 e. The van der Waals surface area contributed by atoms with Crippen LogP contribution < -0.4 is 5.32 Å². The fourth-order valence-corrected chi connectivity index (χ4v) is 1.43. The largest absolute Gasteiger partial charge is 0.396 e. The number of aliphatic hydroxyl groups excluding tert-OH is 1. The number of nitrogens with one attached hydrogen (secondary N) is 1. The van der Waals surface area contributed by atoms with Gasteiger partial charge in [-0.25, -0.2) is 0 Å². The van der Waals surface area contributed by atoms with Gasteiger partial charge in [0.1, 0.15) is 0 Å². The van der Waals surface area contributed by atoms with E-state index in [1.807, 2.05) is 0 Å². The summed E-state index contributed by atoms with van der Waals surface area (Å²) >= 11 is 0. The predicted octanol–water partition coefficient (Wildman–Crippen LogP) is 1.08. The molecule has 0 aromatic rings. The second-order valence-electron chi connectivity index (χ2n) is 3.79. The molecule has 0 saturated heterocycles. The van der Waals surface area contributed by atoms with Gasteiger partial charge in [-0.1, -0.05) is 6.92 Å². The highest BCUT2D eigenvalue weighted by molar-refractivity contribution is 4.54. The lowest BCUT2D eigenvalue weighted by Crippen LogP contribution is -2.24. The Kier molecular flexibility index (Phi) is 10.9. The van der Waals surface area contributed by atoms with Crippen LogP contribution in [0.1, 0.15) is 32.6 Å². The van der Waals surface area contributed by atoms with Gasteiger partial charge in [0.05, 0.1) is 0 Å². The van der Waals surface area contributed by atoms with Crippen LogP contribution in [0.4, 0.5) is 0 Å². The molecule has 0 rings (SSSR count). The molecule has 0 amide bonds. The molecule has 0 aliphatic heterocycles. The molecule has 0 aromatic carbocycles. The number of aliphatic hydroxyl groups is 1. The fourth-order valence-electron chi connectivity index (χ4n) is 1.43. The van der Waals surface area contributed by atoms with Gasteiger partial charge in [0, 0.05) is 6.61 Å². The molecule has 0 fully saturated rings. The van der Waals surface area contributed by atoms with Crippen molar-refractivity contribution in [1.29, 1.82) is 0 Å². The summed E-state index contributed by atoms with van der Waals surface area (Å²) in [7, 11) is 2.17. The Morgan fingerprint density at radius 1 is 1.07 bits per heavy atom. The second kappa shape index (κ2) is 11.0. The van der Waals surface area contributed by atoms with Crippen molar-refractivity contribution < 1.29 is 5.11 Å². The number of hydrogen-bond donors (Lipinski definition) is 2. The van der Waals surface area contributed by atoms with Crippen LogP contribution in [0, 0.1) is 0 Å². The Hall–Kier alpha value is -0.120. The van der Waals surface area contributed by atoms with Crippen molar-refractivity contribution in [2.24, 2.45) is 0 Å². The highest BCUT2D eigenvalue weighted by Gasteiger charge is 1.97. The van der Waals surface area contributed by atoms with E-state index >= 15 is 0 Å². The SMILES string of the molecule is CCNCCCN(C)CCCCCO. The summed E-state index contributed by atoms with van der Waals surface area (Å²) in [6.07, 6.45) is 4.53. The molecule has 0 aliphatic rings. The molecule has 0 aromatic heterocycles. The first kappa shape index (κ1) is 13.9. The van der Waals surface area contributed by atoms with Gasteiger partial charge in [0.25, 0.3) is 0 Å². The topological polar surface area (TPSA) is 35.5 Å². The number of nitrogens with zero attached hydrogens (tertiary/aromatic N) is 1. The first-order valence-electron chi connectivity index (χ1n) is 5.81. The van der Waals surface area contributed by atoms with Gasteiger partial charge >= 0.3 is 0 Å². The van der Waals surface area contributed by atoms with Gasteiger partial charge in [0.15, 0.2) is 0 Å². The van der Waals surface area contributed by atoms with Crippen LogP contribution in [0.2, 0.25) is 0 Å². The van der Waals surface area contributed by atoms with Crippen molar-refractivity contribution in [3.63, 3.8) is 0 Å². The lowest BCUT2D eigenvalue weighted by atomic mass is 10.2. The lowest BCUT2D eigenvalue weighted by molar-refractivity contribution is 0.272. The van der Waals surface area contributed by atoms with Crippen LogP contribution >= 0.6 is 0 Å². The Labute approximate surface area is 88.5 Å². The Morgan fingerprint density at radius 3 is 2.43 bits per heavy atom. The highest BCUT2D eigenvalue weighted by atomic mass is 16.2. The van der Waals surface area contributed by atoms with Crippen LogP contribution in [0.15, 0.2) is 0 Å². The molecular weight excluding hydrogens is 176 g/mol. The second-order valence-corrected chi connectivity index (χ2v) is 3.79. The van der Waals surface area contributed by atoms with E-state index in [9.17, 15) is 0 Å². The smallest absolute Gasteiger partial charge is 0.0431 e. The summed E-state index contributed by atoms with van der Waals surface area (Å²) in [6.45, 7) is 7.00. The summed E-state index contributed by atoms with van der Waals surface area (Å²) in [5.74, 6) is 0. The molecular formula is C11H26N2O. The van der Waals surface area contributed by atoms with Gasteiger partial charge in [0.2, 0.25) is 0 Å². The first-order chi connectivity index (χ1) is 6.81. The zero-order valence-corrected chi connectivity index (χ0v) is 9.76. The average molecular weight is 202 g/mol. The van der Waals surface area contributed by atoms with Crippen molar-refractivity contribution in [1.82, 2.24) is 10.2 Å². The summed E-state index contributed by atoms with van der Waals surface area (Å²) in [4.78, 5) is 2.37. The quantitative estimate of drug-likeness (QED) is 0.520. The zero-order valence-electron chi connectivity index (χ0n) is 9.76. The van der Waals surface area contributed by atoms with E-state index in [4.69, 9.17) is 5.11 Å². The molecule has 2 N–H and O–H groups in total. The number of hydrogen-bond acceptors (Lipinski definition) is 3. The fraction of sp³-hybridized carbons (Fsp3) is 1.00.